The van der Waals surface area contributed by atoms with Crippen LogP contribution in [0.5, 0.6) is 5.75 Å². The van der Waals surface area contributed by atoms with Gasteiger partial charge < -0.3 is 15.0 Å². The number of piperazine rings is 1. The fourth-order valence-corrected chi connectivity index (χ4v) is 5.92. The van der Waals surface area contributed by atoms with Crippen molar-refractivity contribution in [2.24, 2.45) is 0 Å². The van der Waals surface area contributed by atoms with Gasteiger partial charge in [-0.2, -0.15) is 0 Å². The van der Waals surface area contributed by atoms with Crippen LogP contribution < -0.4 is 15.0 Å². The van der Waals surface area contributed by atoms with Crippen LogP contribution >= 0.6 is 0 Å². The Morgan fingerprint density at radius 2 is 1.51 bits per heavy atom. The lowest BCUT2D eigenvalue weighted by Crippen LogP contribution is -2.50. The molecule has 0 amide bonds. The standard InChI is InChI=1S/C32H36N4O/c1-37-29-14-7-24(8-15-29)25-9-16-31-30(23-25)32(17-18-33-31)34-26-10-12-28(13-11-26)36-21-19-35(20-22-36)27-5-3-2-4-6-27/h7-18,23,27H,2-6,19-22H2,1H3,(H,33,34). The first-order valence-corrected chi connectivity index (χ1v) is 13.7. The smallest absolute Gasteiger partial charge is 0.118 e. The molecule has 2 fully saturated rings. The number of hydrogen-bond acceptors (Lipinski definition) is 5. The van der Waals surface area contributed by atoms with Crippen LogP contribution in [-0.4, -0.2) is 49.2 Å². The van der Waals surface area contributed by atoms with Gasteiger partial charge >= 0.3 is 0 Å². The zero-order chi connectivity index (χ0) is 25.0. The van der Waals surface area contributed by atoms with Gasteiger partial charge in [-0.05, 0) is 78.6 Å². The molecule has 4 aromatic rings. The summed E-state index contributed by atoms with van der Waals surface area (Å²) in [6.07, 6.45) is 8.91. The van der Waals surface area contributed by atoms with E-state index in [9.17, 15) is 0 Å². The number of rotatable bonds is 6. The highest BCUT2D eigenvalue weighted by Crippen LogP contribution is 2.31. The van der Waals surface area contributed by atoms with Crippen molar-refractivity contribution < 1.29 is 4.74 Å². The average Bonchev–Trinajstić information content (AvgIpc) is 2.98. The zero-order valence-corrected chi connectivity index (χ0v) is 21.7. The first kappa shape index (κ1) is 23.8. The van der Waals surface area contributed by atoms with Crippen molar-refractivity contribution in [1.29, 1.82) is 0 Å². The van der Waals surface area contributed by atoms with E-state index in [-0.39, 0.29) is 0 Å². The third kappa shape index (κ3) is 5.28. The van der Waals surface area contributed by atoms with Crippen LogP contribution in [-0.2, 0) is 0 Å². The minimum Gasteiger partial charge on any atom is -0.497 e. The van der Waals surface area contributed by atoms with Gasteiger partial charge in [-0.3, -0.25) is 9.88 Å². The molecule has 1 saturated heterocycles. The van der Waals surface area contributed by atoms with Crippen LogP contribution in [0.1, 0.15) is 32.1 Å². The number of fused-ring (bicyclic) bond motifs is 1. The molecule has 1 aromatic heterocycles. The first-order valence-electron chi connectivity index (χ1n) is 13.7. The van der Waals surface area contributed by atoms with E-state index in [4.69, 9.17) is 4.74 Å². The molecule has 1 N–H and O–H groups in total. The number of methoxy groups -OCH3 is 1. The number of benzene rings is 3. The number of nitrogens with zero attached hydrogens (tertiary/aromatic N) is 3. The Labute approximate surface area is 220 Å². The zero-order valence-electron chi connectivity index (χ0n) is 21.7. The van der Waals surface area contributed by atoms with Crippen molar-refractivity contribution in [1.82, 2.24) is 9.88 Å². The summed E-state index contributed by atoms with van der Waals surface area (Å²) in [7, 11) is 1.69. The van der Waals surface area contributed by atoms with Gasteiger partial charge in [-0.1, -0.05) is 37.5 Å². The second-order valence-electron chi connectivity index (χ2n) is 10.3. The van der Waals surface area contributed by atoms with E-state index in [1.54, 1.807) is 7.11 Å². The van der Waals surface area contributed by atoms with E-state index >= 15 is 0 Å². The minimum atomic E-state index is 0.822. The second-order valence-corrected chi connectivity index (χ2v) is 10.3. The van der Waals surface area contributed by atoms with Crippen molar-refractivity contribution in [2.75, 3.05) is 43.5 Å². The summed E-state index contributed by atoms with van der Waals surface area (Å²) >= 11 is 0. The van der Waals surface area contributed by atoms with E-state index in [0.717, 1.165) is 58.3 Å². The van der Waals surface area contributed by atoms with Gasteiger partial charge in [0.1, 0.15) is 5.75 Å². The number of anilines is 3. The Morgan fingerprint density at radius 1 is 0.784 bits per heavy atom. The molecule has 0 atom stereocenters. The molecule has 5 heteroatoms. The normalized spacial score (nSPS) is 17.2. The molecule has 6 rings (SSSR count). The van der Waals surface area contributed by atoms with Crippen molar-refractivity contribution in [2.45, 2.75) is 38.1 Å². The van der Waals surface area contributed by atoms with Crippen LogP contribution in [0.3, 0.4) is 0 Å². The highest BCUT2D eigenvalue weighted by atomic mass is 16.5. The number of pyridine rings is 1. The molecule has 5 nitrogen and oxygen atoms in total. The maximum Gasteiger partial charge on any atom is 0.118 e. The van der Waals surface area contributed by atoms with E-state index < -0.39 is 0 Å². The lowest BCUT2D eigenvalue weighted by molar-refractivity contribution is 0.148. The van der Waals surface area contributed by atoms with Crippen LogP contribution in [0.25, 0.3) is 22.0 Å². The Kier molecular flexibility index (Phi) is 6.96. The van der Waals surface area contributed by atoms with Gasteiger partial charge in [0.25, 0.3) is 0 Å². The molecule has 0 unspecified atom stereocenters. The minimum absolute atomic E-state index is 0.822. The van der Waals surface area contributed by atoms with Crippen molar-refractivity contribution in [3.63, 3.8) is 0 Å². The van der Waals surface area contributed by atoms with E-state index in [1.807, 2.05) is 18.3 Å². The number of hydrogen-bond donors (Lipinski definition) is 1. The number of aromatic nitrogens is 1. The number of nitrogens with one attached hydrogen (secondary N) is 1. The highest BCUT2D eigenvalue weighted by molar-refractivity contribution is 5.95. The quantitative estimate of drug-likeness (QED) is 0.311. The van der Waals surface area contributed by atoms with Crippen LogP contribution in [0, 0.1) is 0 Å². The topological polar surface area (TPSA) is 40.6 Å². The maximum atomic E-state index is 5.31. The molecule has 0 bridgehead atoms. The Hall–Kier alpha value is -3.57. The third-order valence-corrected chi connectivity index (χ3v) is 8.08. The van der Waals surface area contributed by atoms with Crippen molar-refractivity contribution >= 4 is 28.0 Å². The summed E-state index contributed by atoms with van der Waals surface area (Å²) < 4.78 is 5.31. The summed E-state index contributed by atoms with van der Waals surface area (Å²) in [6.45, 7) is 4.60. The Bertz CT molecular complexity index is 1320. The fourth-order valence-electron chi connectivity index (χ4n) is 5.92. The highest BCUT2D eigenvalue weighted by Gasteiger charge is 2.25. The summed E-state index contributed by atoms with van der Waals surface area (Å²) in [6, 6.07) is 26.4. The summed E-state index contributed by atoms with van der Waals surface area (Å²) in [5.41, 5.74) is 6.77. The molecule has 190 valence electrons. The summed E-state index contributed by atoms with van der Waals surface area (Å²) in [5.74, 6) is 0.864. The van der Waals surface area contributed by atoms with Gasteiger partial charge in [0.05, 0.1) is 12.6 Å². The average molecular weight is 493 g/mol. The third-order valence-electron chi connectivity index (χ3n) is 8.08. The second kappa shape index (κ2) is 10.8. The Balaban J connectivity index is 1.15. The molecular formula is C32H36N4O. The van der Waals surface area contributed by atoms with Crippen molar-refractivity contribution in [3.05, 3.63) is 79.0 Å². The van der Waals surface area contributed by atoms with Crippen LogP contribution in [0.4, 0.5) is 17.1 Å². The van der Waals surface area contributed by atoms with E-state index in [1.165, 1.54) is 50.9 Å². The van der Waals surface area contributed by atoms with Crippen molar-refractivity contribution in [3.8, 4) is 16.9 Å². The predicted molar refractivity (Wildman–Crippen MR) is 154 cm³/mol. The van der Waals surface area contributed by atoms with Gasteiger partial charge in [0, 0.05) is 60.9 Å². The van der Waals surface area contributed by atoms with Gasteiger partial charge in [0.2, 0.25) is 0 Å². The lowest BCUT2D eigenvalue weighted by atomic mass is 9.94. The largest absolute Gasteiger partial charge is 0.497 e. The lowest BCUT2D eigenvalue weighted by Gasteiger charge is -2.41. The fraction of sp³-hybridized carbons (Fsp3) is 0.344. The SMILES string of the molecule is COc1ccc(-c2ccc3nccc(Nc4ccc(N5CCN(C6CCCCC6)CC5)cc4)c3c2)cc1. The van der Waals surface area contributed by atoms with Gasteiger partial charge in [-0.25, -0.2) is 0 Å². The van der Waals surface area contributed by atoms with E-state index in [2.05, 4.69) is 80.8 Å². The molecule has 1 aliphatic heterocycles. The molecule has 1 saturated carbocycles. The Morgan fingerprint density at radius 3 is 2.24 bits per heavy atom. The van der Waals surface area contributed by atoms with E-state index in [0.29, 0.717) is 0 Å². The van der Waals surface area contributed by atoms with Gasteiger partial charge in [-0.15, -0.1) is 0 Å². The summed E-state index contributed by atoms with van der Waals surface area (Å²) in [5, 5.41) is 4.75. The molecule has 37 heavy (non-hydrogen) atoms. The molecule has 3 aromatic carbocycles. The van der Waals surface area contributed by atoms with Crippen LogP contribution in [0.15, 0.2) is 79.0 Å². The maximum absolute atomic E-state index is 5.31. The van der Waals surface area contributed by atoms with Gasteiger partial charge in [0.15, 0.2) is 0 Å². The molecule has 0 spiro atoms. The molecule has 0 radical (unpaired) electrons. The summed E-state index contributed by atoms with van der Waals surface area (Å²) in [4.78, 5) is 9.86. The predicted octanol–water partition coefficient (Wildman–Crippen LogP) is 7.11. The first-order chi connectivity index (χ1) is 18.3. The molecule has 1 aliphatic carbocycles. The van der Waals surface area contributed by atoms with Crippen LogP contribution in [0.2, 0.25) is 0 Å². The molecule has 2 heterocycles. The molecular weight excluding hydrogens is 456 g/mol. The monoisotopic (exact) mass is 492 g/mol. The molecule has 2 aliphatic rings. The number of ether oxygens (including phenoxy) is 1.